The van der Waals surface area contributed by atoms with Crippen molar-refractivity contribution < 1.29 is 43.2 Å². The van der Waals surface area contributed by atoms with Gasteiger partial charge in [0, 0.05) is 18.7 Å². The Labute approximate surface area is 236 Å². The number of benzene rings is 1. The zero-order valence-corrected chi connectivity index (χ0v) is 26.5. The SMILES string of the molecule is CC(NC(=O)CNC(=O)CCOCCOCCOCCOCCN[C-]=O)C(=O)Nc1ccc(CO)cc1.CCC.[Fm]. The Kier molecular flexibility index (Phi) is 26.2. The molecule has 13 nitrogen and oxygen atoms in total. The van der Waals surface area contributed by atoms with E-state index in [1.165, 1.54) is 13.3 Å². The first kappa shape index (κ1) is 39.0. The Hall–Kier alpha value is -4.10. The molecular weight excluding hydrogens is 781 g/mol. The number of aliphatic hydroxyl groups is 1. The van der Waals surface area contributed by atoms with E-state index in [9.17, 15) is 19.2 Å². The largest absolute Gasteiger partial charge is 0.528 e. The van der Waals surface area contributed by atoms with Crippen LogP contribution in [0.15, 0.2) is 24.3 Å². The molecule has 0 fully saturated rings. The number of carbonyl (C=O) groups excluding carboxylic acids is 4. The molecule has 1 atom stereocenters. The minimum Gasteiger partial charge on any atom is -0.528 e. The van der Waals surface area contributed by atoms with Crippen LogP contribution in [-0.2, 0) is 44.7 Å². The Morgan fingerprint density at radius 2 is 1.37 bits per heavy atom. The fourth-order valence-corrected chi connectivity index (χ4v) is 2.67. The molecular formula is C27H45FmN4O9-. The summed E-state index contributed by atoms with van der Waals surface area (Å²) in [6.45, 7) is 8.73. The number of anilines is 1. The van der Waals surface area contributed by atoms with Crippen molar-refractivity contribution in [3.63, 3.8) is 0 Å². The molecule has 0 saturated carbocycles. The van der Waals surface area contributed by atoms with Crippen LogP contribution >= 0.6 is 0 Å². The van der Waals surface area contributed by atoms with Gasteiger partial charge in [-0.05, 0) is 24.6 Å². The van der Waals surface area contributed by atoms with E-state index in [1.54, 1.807) is 30.7 Å². The number of hydrogen-bond donors (Lipinski definition) is 5. The summed E-state index contributed by atoms with van der Waals surface area (Å²) < 4.78 is 21.2. The van der Waals surface area contributed by atoms with E-state index in [4.69, 9.17) is 24.1 Å². The van der Waals surface area contributed by atoms with Crippen molar-refractivity contribution in [2.75, 3.05) is 71.3 Å². The Morgan fingerprint density at radius 1 is 0.854 bits per heavy atom. The van der Waals surface area contributed by atoms with Gasteiger partial charge in [0.05, 0.1) is 66.0 Å². The van der Waals surface area contributed by atoms with Crippen molar-refractivity contribution in [2.24, 2.45) is 0 Å². The van der Waals surface area contributed by atoms with Crippen LogP contribution in [0.25, 0.3) is 0 Å². The van der Waals surface area contributed by atoms with Crippen LogP contribution in [0.3, 0.4) is 0 Å². The van der Waals surface area contributed by atoms with Gasteiger partial charge in [0.1, 0.15) is 6.04 Å². The van der Waals surface area contributed by atoms with Gasteiger partial charge in [0.25, 0.3) is 0 Å². The molecule has 0 aliphatic heterocycles. The van der Waals surface area contributed by atoms with Gasteiger partial charge in [-0.25, -0.2) is 0 Å². The average molecular weight is 827 g/mol. The van der Waals surface area contributed by atoms with Gasteiger partial charge in [-0.3, -0.25) is 14.4 Å². The molecule has 0 spiro atoms. The van der Waals surface area contributed by atoms with Crippen molar-refractivity contribution >= 4 is 29.8 Å². The molecule has 0 heterocycles. The summed E-state index contributed by atoms with van der Waals surface area (Å²) in [7, 11) is 0. The maximum atomic E-state index is 12.2. The molecule has 240 valence electrons. The Balaban J connectivity index is 0. The number of aliphatic hydroxyl groups excluding tert-OH is 1. The smallest absolute Gasteiger partial charge is 0.246 e. The molecule has 14 heteroatoms. The van der Waals surface area contributed by atoms with Gasteiger partial charge in [-0.2, -0.15) is 6.41 Å². The van der Waals surface area contributed by atoms with Gasteiger partial charge >= 0.3 is 0 Å². The van der Waals surface area contributed by atoms with Crippen LogP contribution in [-0.4, -0.2) is 101 Å². The zero-order chi connectivity index (χ0) is 29.8. The number of amides is 4. The van der Waals surface area contributed by atoms with E-state index in [0.29, 0.717) is 58.5 Å². The number of ether oxygens (including phenoxy) is 4. The Morgan fingerprint density at radius 3 is 1.88 bits per heavy atom. The molecule has 0 radical (unpaired) electrons. The van der Waals surface area contributed by atoms with E-state index in [0.717, 1.165) is 5.56 Å². The minimum atomic E-state index is -0.806. The normalized spacial score (nSPS) is 10.7. The zero-order valence-electron chi connectivity index (χ0n) is 24.1. The topological polar surface area (TPSA) is 174 Å². The van der Waals surface area contributed by atoms with Gasteiger partial charge in [0.15, 0.2) is 0 Å². The van der Waals surface area contributed by atoms with E-state index in [2.05, 4.69) is 35.1 Å². The maximum absolute atomic E-state index is 12.2. The molecule has 1 aromatic carbocycles. The first-order valence-corrected chi connectivity index (χ1v) is 13.4. The molecule has 0 bridgehead atoms. The van der Waals surface area contributed by atoms with Crippen molar-refractivity contribution in [2.45, 2.75) is 46.3 Å². The summed E-state index contributed by atoms with van der Waals surface area (Å²) in [6.07, 6.45) is 2.88. The summed E-state index contributed by atoms with van der Waals surface area (Å²) in [6, 6.07) is 5.86. The first-order chi connectivity index (χ1) is 19.4. The predicted molar refractivity (Wildman–Crippen MR) is 149 cm³/mol. The molecule has 5 N–H and O–H groups in total. The molecule has 41 heavy (non-hydrogen) atoms. The van der Waals surface area contributed by atoms with Crippen molar-refractivity contribution in [1.82, 2.24) is 16.0 Å². The van der Waals surface area contributed by atoms with Crippen LogP contribution in [0.1, 0.15) is 39.2 Å². The third kappa shape index (κ3) is 23.5. The summed E-state index contributed by atoms with van der Waals surface area (Å²) in [4.78, 5) is 46.0. The van der Waals surface area contributed by atoms with Crippen molar-refractivity contribution in [3.8, 4) is 0 Å². The van der Waals surface area contributed by atoms with Crippen LogP contribution in [0.2, 0.25) is 0 Å². The second-order valence-electron chi connectivity index (χ2n) is 8.35. The predicted octanol–water partition coefficient (Wildman–Crippen LogP) is 0.268. The standard InChI is InChI=1S/C24H37N4O9.C3H8.Fm/c1-19(24(33)28-21-4-2-20(17-29)3-5-21)27-23(32)16-26-22(31)6-8-34-10-12-36-14-15-37-13-11-35-9-7-25-18-30;1-3-2;/h2-5,19,29H,6-17H2,1H3,(H,25,30)(H,26,31)(H,27,32)(H,28,33);3H2,1-2H3;/q-1;;. The molecule has 0 aliphatic rings. The van der Waals surface area contributed by atoms with E-state index in [-0.39, 0.29) is 32.1 Å². The second-order valence-corrected chi connectivity index (χ2v) is 8.35. The van der Waals surface area contributed by atoms with Crippen LogP contribution in [0.5, 0.6) is 0 Å². The quantitative estimate of drug-likeness (QED) is 0.0626. The van der Waals surface area contributed by atoms with Gasteiger partial charge in [-0.15, -0.1) is 0 Å². The summed E-state index contributed by atoms with van der Waals surface area (Å²) >= 11 is 0. The van der Waals surface area contributed by atoms with Crippen LogP contribution < -0.4 is 21.3 Å². The van der Waals surface area contributed by atoms with E-state index in [1.807, 2.05) is 0 Å². The monoisotopic (exact) mass is 826 g/mol. The van der Waals surface area contributed by atoms with Crippen molar-refractivity contribution in [3.05, 3.63) is 29.8 Å². The summed E-state index contributed by atoms with van der Waals surface area (Å²) in [5.41, 5.74) is 1.26. The first-order valence-electron chi connectivity index (χ1n) is 13.4. The number of nitrogens with one attached hydrogen (secondary N) is 4. The molecule has 1 rings (SSSR count). The van der Waals surface area contributed by atoms with E-state index >= 15 is 0 Å². The summed E-state index contributed by atoms with van der Waals surface area (Å²) in [5.74, 6) is -1.26. The number of rotatable bonds is 22. The second kappa shape index (κ2) is 27.5. The molecule has 1 aromatic rings. The maximum Gasteiger partial charge on any atom is 0.246 e. The Bertz CT molecular complexity index is 816. The third-order valence-electron chi connectivity index (χ3n) is 4.65. The third-order valence-corrected chi connectivity index (χ3v) is 4.65. The summed E-state index contributed by atoms with van der Waals surface area (Å²) in [5, 5.41) is 19.1. The number of hydrogen-bond acceptors (Lipinski definition) is 9. The minimum absolute atomic E-state index is 0. The van der Waals surface area contributed by atoms with Crippen molar-refractivity contribution in [1.29, 1.82) is 0 Å². The van der Waals surface area contributed by atoms with Crippen LogP contribution in [0.4, 0.5) is 5.69 Å². The fraction of sp³-hybridized carbons (Fsp3) is 0.630. The molecule has 0 aromatic heterocycles. The molecule has 0 aliphatic carbocycles. The van der Waals surface area contributed by atoms with E-state index < -0.39 is 17.9 Å². The molecule has 4 amide bonds. The number of carbonyl (C=O) groups is 3. The van der Waals surface area contributed by atoms with Gasteiger partial charge in [0.2, 0.25) is 17.7 Å². The fourth-order valence-electron chi connectivity index (χ4n) is 2.67. The van der Waals surface area contributed by atoms with Gasteiger partial charge < -0.3 is 50.1 Å². The molecule has 1 unspecified atom stereocenters. The molecule has 0 saturated heterocycles. The van der Waals surface area contributed by atoms with Gasteiger partial charge in [-0.1, -0.05) is 32.4 Å². The van der Waals surface area contributed by atoms with Crippen LogP contribution in [0, 0.1) is 0 Å². The average Bonchev–Trinajstić information content (AvgIpc) is 2.94.